The lowest BCUT2D eigenvalue weighted by molar-refractivity contribution is -0.116. The number of fused-ring (bicyclic) bond motifs is 1. The zero-order chi connectivity index (χ0) is 18.8. The van der Waals surface area contributed by atoms with Crippen molar-refractivity contribution in [3.8, 4) is 5.75 Å². The first-order valence-corrected chi connectivity index (χ1v) is 7.95. The highest BCUT2D eigenvalue weighted by Crippen LogP contribution is 2.29. The van der Waals surface area contributed by atoms with Gasteiger partial charge in [-0.05, 0) is 32.0 Å². The number of nitrogens with zero attached hydrogens (tertiary/aromatic N) is 2. The van der Waals surface area contributed by atoms with E-state index in [9.17, 15) is 9.59 Å². The molecule has 3 rings (SSSR count). The van der Waals surface area contributed by atoms with Crippen molar-refractivity contribution >= 4 is 28.6 Å². The molecule has 1 aromatic carbocycles. The minimum atomic E-state index is -0.385. The predicted molar refractivity (Wildman–Crippen MR) is 94.3 cm³/mol. The van der Waals surface area contributed by atoms with Gasteiger partial charge in [-0.2, -0.15) is 0 Å². The molecular weight excluding hydrogens is 338 g/mol. The van der Waals surface area contributed by atoms with Gasteiger partial charge in [0.2, 0.25) is 5.91 Å². The molecular formula is C18H19N3O5. The minimum absolute atomic E-state index is 0.148. The number of methoxy groups -OCH3 is 1. The first-order chi connectivity index (χ1) is 12.4. The van der Waals surface area contributed by atoms with E-state index in [4.69, 9.17) is 13.7 Å². The molecule has 0 spiro atoms. The van der Waals surface area contributed by atoms with Crippen molar-refractivity contribution < 1.29 is 23.3 Å². The van der Waals surface area contributed by atoms with Gasteiger partial charge in [-0.15, -0.1) is 0 Å². The number of likely N-dealkylation sites (N-methyl/N-ethyl adjacent to an activating group) is 1. The van der Waals surface area contributed by atoms with E-state index >= 15 is 0 Å². The SMILES string of the molecule is COc1ccc2oc(C(=O)N(C)CC(=O)Nc3cc(C)on3)c(C)c2c1. The number of aromatic nitrogens is 1. The standard InChI is InChI=1S/C18H19N3O5/c1-10-7-15(20-26-10)19-16(22)9-21(3)18(23)17-11(2)13-8-12(24-4)5-6-14(13)25-17/h5-8H,9H2,1-4H3,(H,19,20,22). The molecule has 3 aromatic rings. The Morgan fingerprint density at radius 2 is 2.04 bits per heavy atom. The molecule has 0 radical (unpaired) electrons. The lowest BCUT2D eigenvalue weighted by Gasteiger charge is -2.15. The number of hydrogen-bond donors (Lipinski definition) is 1. The number of anilines is 1. The number of amides is 2. The van der Waals surface area contributed by atoms with Crippen LogP contribution in [0, 0.1) is 13.8 Å². The van der Waals surface area contributed by atoms with Gasteiger partial charge in [0, 0.05) is 24.1 Å². The number of benzene rings is 1. The summed E-state index contributed by atoms with van der Waals surface area (Å²) in [5.41, 5.74) is 1.28. The molecule has 0 aliphatic rings. The lowest BCUT2D eigenvalue weighted by atomic mass is 10.1. The summed E-state index contributed by atoms with van der Waals surface area (Å²) in [6.45, 7) is 3.37. The Morgan fingerprint density at radius 1 is 1.27 bits per heavy atom. The molecule has 8 nitrogen and oxygen atoms in total. The molecule has 0 atom stereocenters. The molecule has 0 bridgehead atoms. The van der Waals surface area contributed by atoms with Crippen LogP contribution in [0.25, 0.3) is 11.0 Å². The van der Waals surface area contributed by atoms with Crippen LogP contribution in [0.4, 0.5) is 5.82 Å². The van der Waals surface area contributed by atoms with Crippen molar-refractivity contribution in [2.45, 2.75) is 13.8 Å². The van der Waals surface area contributed by atoms with Crippen molar-refractivity contribution in [1.29, 1.82) is 0 Å². The highest BCUT2D eigenvalue weighted by Gasteiger charge is 2.23. The monoisotopic (exact) mass is 357 g/mol. The Bertz CT molecular complexity index is 973. The third-order valence-electron chi connectivity index (χ3n) is 3.96. The Morgan fingerprint density at radius 3 is 2.69 bits per heavy atom. The van der Waals surface area contributed by atoms with E-state index < -0.39 is 0 Å². The number of aryl methyl sites for hydroxylation is 2. The van der Waals surface area contributed by atoms with E-state index in [-0.39, 0.29) is 24.1 Å². The van der Waals surface area contributed by atoms with Gasteiger partial charge in [-0.25, -0.2) is 0 Å². The maximum absolute atomic E-state index is 12.7. The Labute approximate surface area is 149 Å². The van der Waals surface area contributed by atoms with Gasteiger partial charge in [0.15, 0.2) is 11.6 Å². The van der Waals surface area contributed by atoms with Crippen molar-refractivity contribution in [1.82, 2.24) is 10.1 Å². The largest absolute Gasteiger partial charge is 0.497 e. The average molecular weight is 357 g/mol. The highest BCUT2D eigenvalue weighted by molar-refractivity contribution is 6.01. The molecule has 0 aliphatic heterocycles. The lowest BCUT2D eigenvalue weighted by Crippen LogP contribution is -2.35. The number of furan rings is 1. The summed E-state index contributed by atoms with van der Waals surface area (Å²) in [5, 5.41) is 7.05. The highest BCUT2D eigenvalue weighted by atomic mass is 16.5. The minimum Gasteiger partial charge on any atom is -0.497 e. The molecule has 0 saturated heterocycles. The summed E-state index contributed by atoms with van der Waals surface area (Å²) in [7, 11) is 3.11. The van der Waals surface area contributed by atoms with Gasteiger partial charge in [-0.3, -0.25) is 9.59 Å². The second-order valence-corrected chi connectivity index (χ2v) is 5.95. The molecule has 136 valence electrons. The number of carbonyl (C=O) groups excluding carboxylic acids is 2. The van der Waals surface area contributed by atoms with Gasteiger partial charge in [0.05, 0.1) is 7.11 Å². The van der Waals surface area contributed by atoms with E-state index in [1.165, 1.54) is 11.9 Å². The fourth-order valence-electron chi connectivity index (χ4n) is 2.60. The first kappa shape index (κ1) is 17.5. The fourth-order valence-corrected chi connectivity index (χ4v) is 2.60. The Hall–Kier alpha value is -3.29. The van der Waals surface area contributed by atoms with Crippen molar-refractivity contribution in [2.75, 3.05) is 26.0 Å². The molecule has 0 fully saturated rings. The van der Waals surface area contributed by atoms with Crippen LogP contribution in [0.1, 0.15) is 21.9 Å². The molecule has 0 saturated carbocycles. The topological polar surface area (TPSA) is 97.8 Å². The van der Waals surface area contributed by atoms with E-state index in [1.54, 1.807) is 39.2 Å². The van der Waals surface area contributed by atoms with Crippen LogP contribution in [0.15, 0.2) is 33.2 Å². The number of ether oxygens (including phenoxy) is 1. The average Bonchev–Trinajstić information content (AvgIpc) is 3.17. The second kappa shape index (κ2) is 6.91. The van der Waals surface area contributed by atoms with E-state index in [2.05, 4.69) is 10.5 Å². The van der Waals surface area contributed by atoms with Crippen LogP contribution in [0.5, 0.6) is 5.75 Å². The molecule has 8 heteroatoms. The maximum Gasteiger partial charge on any atom is 0.290 e. The van der Waals surface area contributed by atoms with E-state index in [1.807, 2.05) is 6.07 Å². The zero-order valence-electron chi connectivity index (χ0n) is 15.0. The normalized spacial score (nSPS) is 10.8. The summed E-state index contributed by atoms with van der Waals surface area (Å²) >= 11 is 0. The quantitative estimate of drug-likeness (QED) is 0.754. The summed E-state index contributed by atoms with van der Waals surface area (Å²) in [6, 6.07) is 6.91. The van der Waals surface area contributed by atoms with Crippen LogP contribution < -0.4 is 10.1 Å². The predicted octanol–water partition coefficient (Wildman–Crippen LogP) is 2.76. The van der Waals surface area contributed by atoms with Crippen molar-refractivity contribution in [3.05, 3.63) is 41.3 Å². The Balaban J connectivity index is 1.74. The van der Waals surface area contributed by atoms with Crippen LogP contribution in [0.3, 0.4) is 0 Å². The summed E-state index contributed by atoms with van der Waals surface area (Å²) < 4.78 is 15.8. The number of rotatable bonds is 5. The third-order valence-corrected chi connectivity index (χ3v) is 3.96. The van der Waals surface area contributed by atoms with Crippen LogP contribution >= 0.6 is 0 Å². The molecule has 2 amide bonds. The van der Waals surface area contributed by atoms with Crippen LogP contribution in [0.2, 0.25) is 0 Å². The van der Waals surface area contributed by atoms with Gasteiger partial charge >= 0.3 is 0 Å². The summed E-state index contributed by atoms with van der Waals surface area (Å²) in [5.74, 6) is 0.990. The van der Waals surface area contributed by atoms with E-state index in [0.717, 1.165) is 5.39 Å². The Kier molecular flexibility index (Phi) is 4.66. The third kappa shape index (κ3) is 3.39. The zero-order valence-corrected chi connectivity index (χ0v) is 15.0. The summed E-state index contributed by atoms with van der Waals surface area (Å²) in [4.78, 5) is 26.0. The molecule has 2 aromatic heterocycles. The number of nitrogens with one attached hydrogen (secondary N) is 1. The van der Waals surface area contributed by atoms with Crippen LogP contribution in [-0.4, -0.2) is 42.6 Å². The van der Waals surface area contributed by atoms with Gasteiger partial charge in [0.1, 0.15) is 23.6 Å². The fraction of sp³-hybridized carbons (Fsp3) is 0.278. The second-order valence-electron chi connectivity index (χ2n) is 5.95. The maximum atomic E-state index is 12.7. The number of carbonyl (C=O) groups is 2. The van der Waals surface area contributed by atoms with Crippen molar-refractivity contribution in [2.24, 2.45) is 0 Å². The van der Waals surface area contributed by atoms with Gasteiger partial charge < -0.3 is 23.9 Å². The molecule has 1 N–H and O–H groups in total. The van der Waals surface area contributed by atoms with E-state index in [0.29, 0.717) is 28.5 Å². The van der Waals surface area contributed by atoms with Gasteiger partial charge in [-0.1, -0.05) is 5.16 Å². The molecule has 0 aliphatic carbocycles. The van der Waals surface area contributed by atoms with Crippen molar-refractivity contribution in [3.63, 3.8) is 0 Å². The van der Waals surface area contributed by atoms with Crippen LogP contribution in [-0.2, 0) is 4.79 Å². The number of hydrogen-bond acceptors (Lipinski definition) is 6. The molecule has 0 unspecified atom stereocenters. The summed E-state index contributed by atoms with van der Waals surface area (Å²) in [6.07, 6.45) is 0. The smallest absolute Gasteiger partial charge is 0.290 e. The molecule has 2 heterocycles. The van der Waals surface area contributed by atoms with Gasteiger partial charge in [0.25, 0.3) is 5.91 Å². The molecule has 26 heavy (non-hydrogen) atoms. The first-order valence-electron chi connectivity index (χ1n) is 7.95.